The Balaban J connectivity index is 1.45. The van der Waals surface area contributed by atoms with Crippen molar-refractivity contribution >= 4 is 17.7 Å². The molecule has 2 aromatic rings. The smallest absolute Gasteiger partial charge is 0.255 e. The van der Waals surface area contributed by atoms with Crippen LogP contribution >= 0.6 is 0 Å². The predicted molar refractivity (Wildman–Crippen MR) is 98.6 cm³/mol. The summed E-state index contributed by atoms with van der Waals surface area (Å²) in [5.74, 6) is 5.44. The largest absolute Gasteiger partial charge is 0.322 e. The van der Waals surface area contributed by atoms with Crippen LogP contribution in [0.25, 0.3) is 0 Å². The summed E-state index contributed by atoms with van der Waals surface area (Å²) in [5.41, 5.74) is 2.24. The van der Waals surface area contributed by atoms with Crippen LogP contribution in [0.15, 0.2) is 30.6 Å². The number of aromatic nitrogens is 3. The molecule has 1 aromatic carbocycles. The average molecular weight is 377 g/mol. The maximum atomic E-state index is 12.8. The molecule has 8 nitrogen and oxygen atoms in total. The van der Waals surface area contributed by atoms with Gasteiger partial charge in [0.25, 0.3) is 5.91 Å². The summed E-state index contributed by atoms with van der Waals surface area (Å²) in [5, 5.41) is 9.99. The molecule has 0 bridgehead atoms. The lowest BCUT2D eigenvalue weighted by molar-refractivity contribution is -0.136. The third kappa shape index (κ3) is 3.51. The Kier molecular flexibility index (Phi) is 4.89. The molecule has 4 rings (SSSR count). The Hall–Kier alpha value is -3.47. The van der Waals surface area contributed by atoms with Gasteiger partial charge in [-0.25, -0.2) is 0 Å². The summed E-state index contributed by atoms with van der Waals surface area (Å²) in [7, 11) is 0. The third-order valence-electron chi connectivity index (χ3n) is 4.97. The van der Waals surface area contributed by atoms with E-state index in [1.807, 2.05) is 18.3 Å². The Morgan fingerprint density at radius 2 is 2.14 bits per heavy atom. The highest BCUT2D eigenvalue weighted by Gasteiger charge is 2.39. The summed E-state index contributed by atoms with van der Waals surface area (Å²) in [4.78, 5) is 37.8. The van der Waals surface area contributed by atoms with Gasteiger partial charge in [-0.15, -0.1) is 5.10 Å². The molecule has 3 amide bonds. The van der Waals surface area contributed by atoms with Crippen molar-refractivity contribution in [3.05, 3.63) is 47.3 Å². The Bertz CT molecular complexity index is 987. The molecule has 1 unspecified atom stereocenters. The molecule has 1 aromatic heterocycles. The molecule has 0 aliphatic carbocycles. The molecular weight excluding hydrogens is 358 g/mol. The van der Waals surface area contributed by atoms with Gasteiger partial charge in [-0.3, -0.25) is 24.4 Å². The molecule has 3 heterocycles. The molecule has 2 aliphatic heterocycles. The first-order valence-electron chi connectivity index (χ1n) is 9.23. The van der Waals surface area contributed by atoms with E-state index in [0.29, 0.717) is 24.9 Å². The topological polar surface area (TPSA) is 97.2 Å². The molecule has 0 radical (unpaired) electrons. The maximum Gasteiger partial charge on any atom is 0.255 e. The first-order chi connectivity index (χ1) is 13.6. The number of aryl methyl sites for hydroxylation is 1. The summed E-state index contributed by atoms with van der Waals surface area (Å²) < 4.78 is 1.76. The van der Waals surface area contributed by atoms with E-state index in [0.717, 1.165) is 24.1 Å². The van der Waals surface area contributed by atoms with Gasteiger partial charge in [0.1, 0.15) is 6.04 Å². The van der Waals surface area contributed by atoms with Gasteiger partial charge in [0, 0.05) is 43.3 Å². The highest BCUT2D eigenvalue weighted by molar-refractivity contribution is 6.05. The van der Waals surface area contributed by atoms with E-state index in [2.05, 4.69) is 27.5 Å². The normalized spacial score (nSPS) is 18.5. The van der Waals surface area contributed by atoms with E-state index in [9.17, 15) is 14.4 Å². The zero-order chi connectivity index (χ0) is 19.5. The van der Waals surface area contributed by atoms with E-state index >= 15 is 0 Å². The molecule has 142 valence electrons. The first kappa shape index (κ1) is 17.9. The van der Waals surface area contributed by atoms with Crippen LogP contribution in [-0.2, 0) is 22.7 Å². The minimum atomic E-state index is -0.610. The lowest BCUT2D eigenvalue weighted by Crippen LogP contribution is -2.52. The van der Waals surface area contributed by atoms with Gasteiger partial charge >= 0.3 is 0 Å². The quantitative estimate of drug-likeness (QED) is 0.484. The van der Waals surface area contributed by atoms with Gasteiger partial charge in [-0.1, -0.05) is 23.1 Å². The van der Waals surface area contributed by atoms with E-state index in [1.54, 1.807) is 21.8 Å². The molecule has 0 spiro atoms. The van der Waals surface area contributed by atoms with Gasteiger partial charge in [-0.2, -0.15) is 0 Å². The van der Waals surface area contributed by atoms with Gasteiger partial charge in [0.05, 0.1) is 6.20 Å². The second-order valence-electron chi connectivity index (χ2n) is 6.80. The predicted octanol–water partition coefficient (Wildman–Crippen LogP) is 0.871. The van der Waals surface area contributed by atoms with Crippen molar-refractivity contribution < 1.29 is 14.4 Å². The van der Waals surface area contributed by atoms with Crippen LogP contribution in [0.3, 0.4) is 0 Å². The summed E-state index contributed by atoms with van der Waals surface area (Å²) >= 11 is 0. The van der Waals surface area contributed by atoms with E-state index in [1.165, 1.54) is 0 Å². The van der Waals surface area contributed by atoms with E-state index in [4.69, 9.17) is 0 Å². The molecule has 1 saturated heterocycles. The fourth-order valence-electron chi connectivity index (χ4n) is 3.54. The molecule has 2 aliphatic rings. The van der Waals surface area contributed by atoms with Crippen LogP contribution < -0.4 is 5.32 Å². The van der Waals surface area contributed by atoms with Gasteiger partial charge in [0.15, 0.2) is 0 Å². The lowest BCUT2D eigenvalue weighted by Gasteiger charge is -2.29. The number of piperidine rings is 1. The fraction of sp³-hybridized carbons (Fsp3) is 0.350. The van der Waals surface area contributed by atoms with Crippen LogP contribution in [0, 0.1) is 11.8 Å². The molecule has 0 saturated carbocycles. The molecule has 8 heteroatoms. The number of hydrogen-bond donors (Lipinski definition) is 1. The van der Waals surface area contributed by atoms with Crippen LogP contribution in [0.2, 0.25) is 0 Å². The zero-order valence-electron chi connectivity index (χ0n) is 15.2. The minimum Gasteiger partial charge on any atom is -0.322 e. The molecule has 1 atom stereocenters. The number of nitrogens with one attached hydrogen (secondary N) is 1. The molecule has 1 N–H and O–H groups in total. The van der Waals surface area contributed by atoms with Crippen molar-refractivity contribution in [2.45, 2.75) is 44.8 Å². The monoisotopic (exact) mass is 377 g/mol. The number of benzene rings is 1. The Morgan fingerprint density at radius 1 is 1.25 bits per heavy atom. The highest BCUT2D eigenvalue weighted by Crippen LogP contribution is 2.29. The van der Waals surface area contributed by atoms with Crippen molar-refractivity contribution in [2.24, 2.45) is 0 Å². The zero-order valence-corrected chi connectivity index (χ0v) is 15.2. The van der Waals surface area contributed by atoms with Crippen LogP contribution in [0.5, 0.6) is 0 Å². The van der Waals surface area contributed by atoms with Crippen LogP contribution in [0.1, 0.15) is 47.2 Å². The van der Waals surface area contributed by atoms with Crippen molar-refractivity contribution in [3.8, 4) is 11.8 Å². The van der Waals surface area contributed by atoms with Crippen molar-refractivity contribution in [1.29, 1.82) is 0 Å². The van der Waals surface area contributed by atoms with E-state index in [-0.39, 0.29) is 18.2 Å². The second-order valence-corrected chi connectivity index (χ2v) is 6.80. The molecule has 28 heavy (non-hydrogen) atoms. The van der Waals surface area contributed by atoms with E-state index < -0.39 is 11.9 Å². The van der Waals surface area contributed by atoms with Crippen molar-refractivity contribution in [3.63, 3.8) is 0 Å². The van der Waals surface area contributed by atoms with Crippen LogP contribution in [-0.4, -0.2) is 43.7 Å². The Morgan fingerprint density at radius 3 is 2.93 bits per heavy atom. The summed E-state index contributed by atoms with van der Waals surface area (Å²) in [6.45, 7) is 1.09. The van der Waals surface area contributed by atoms with Gasteiger partial charge in [-0.05, 0) is 30.5 Å². The number of nitrogens with zero attached hydrogens (tertiary/aromatic N) is 4. The maximum absolute atomic E-state index is 12.8. The average Bonchev–Trinajstić information content (AvgIpc) is 3.31. The standard InChI is InChI=1S/C20H19N5O3/c26-18-9-8-17(19(27)22-18)25-13-16-14(6-4-7-15(16)20(25)28)5-2-1-3-11-24-12-10-21-23-24/h4,6-7,10,12,17H,1,3,8-9,11,13H2,(H,22,26,27). The number of rotatable bonds is 4. The van der Waals surface area contributed by atoms with Crippen molar-refractivity contribution in [1.82, 2.24) is 25.2 Å². The number of fused-ring (bicyclic) bond motifs is 1. The highest BCUT2D eigenvalue weighted by atomic mass is 16.2. The van der Waals surface area contributed by atoms with Gasteiger partial charge in [0.2, 0.25) is 11.8 Å². The van der Waals surface area contributed by atoms with Gasteiger partial charge < -0.3 is 4.90 Å². The number of imide groups is 1. The third-order valence-corrected chi connectivity index (χ3v) is 4.97. The number of unbranched alkanes of at least 4 members (excludes halogenated alkanes) is 1. The van der Waals surface area contributed by atoms with Crippen molar-refractivity contribution in [2.75, 3.05) is 0 Å². The summed E-state index contributed by atoms with van der Waals surface area (Å²) in [6, 6.07) is 4.86. The van der Waals surface area contributed by atoms with Crippen LogP contribution in [0.4, 0.5) is 0 Å². The fourth-order valence-corrected chi connectivity index (χ4v) is 3.54. The Labute approximate surface area is 161 Å². The summed E-state index contributed by atoms with van der Waals surface area (Å²) in [6.07, 6.45) is 5.61. The SMILES string of the molecule is O=C1CCC(N2Cc3c(C#CCCCn4ccnn4)cccc3C2=O)C(=O)N1. The lowest BCUT2D eigenvalue weighted by atomic mass is 10.0. The number of hydrogen-bond acceptors (Lipinski definition) is 5. The number of carbonyl (C=O) groups is 3. The molecular formula is C20H19N5O3. The second kappa shape index (κ2) is 7.64. The minimum absolute atomic E-state index is 0.181. The number of carbonyl (C=O) groups excluding carboxylic acids is 3. The number of amides is 3. The first-order valence-corrected chi connectivity index (χ1v) is 9.23. The molecule has 1 fully saturated rings.